The lowest BCUT2D eigenvalue weighted by Gasteiger charge is -2.36. The third-order valence-corrected chi connectivity index (χ3v) is 5.54. The fourth-order valence-electron chi connectivity index (χ4n) is 4.05. The smallest absolute Gasteiger partial charge is 0.262 e. The molecular formula is C17H28ClF2N3O2. The molecule has 0 aromatic carbocycles. The molecule has 1 unspecified atom stereocenters. The van der Waals surface area contributed by atoms with E-state index in [4.69, 9.17) is 0 Å². The highest BCUT2D eigenvalue weighted by atomic mass is 35.5. The Morgan fingerprint density at radius 3 is 2.16 bits per heavy atom. The maximum Gasteiger partial charge on any atom is 0.262 e. The maximum atomic E-state index is 13.2. The average molecular weight is 380 g/mol. The van der Waals surface area contributed by atoms with Gasteiger partial charge in [-0.2, -0.15) is 0 Å². The first-order valence-electron chi connectivity index (χ1n) is 9.12. The van der Waals surface area contributed by atoms with E-state index in [1.165, 1.54) is 19.3 Å². The number of nitrogens with one attached hydrogen (secondary N) is 1. The SMILES string of the molecule is Cl.O=C(CC1CCCCC1)N1CCN(C(=O)C2CC(F)(F)CN2)CC1. The van der Waals surface area contributed by atoms with Crippen LogP contribution in [0, 0.1) is 5.92 Å². The van der Waals surface area contributed by atoms with Crippen LogP contribution >= 0.6 is 12.4 Å². The molecule has 144 valence electrons. The summed E-state index contributed by atoms with van der Waals surface area (Å²) in [7, 11) is 0. The lowest BCUT2D eigenvalue weighted by Crippen LogP contribution is -2.54. The third-order valence-electron chi connectivity index (χ3n) is 5.54. The molecule has 5 nitrogen and oxygen atoms in total. The molecular weight excluding hydrogens is 352 g/mol. The van der Waals surface area contributed by atoms with Crippen LogP contribution in [0.2, 0.25) is 0 Å². The van der Waals surface area contributed by atoms with Crippen molar-refractivity contribution >= 4 is 24.2 Å². The van der Waals surface area contributed by atoms with E-state index in [1.807, 2.05) is 4.90 Å². The number of alkyl halides is 2. The lowest BCUT2D eigenvalue weighted by molar-refractivity contribution is -0.141. The van der Waals surface area contributed by atoms with E-state index in [0.29, 0.717) is 38.5 Å². The molecule has 2 amide bonds. The Labute approximate surface area is 153 Å². The molecule has 3 aliphatic rings. The van der Waals surface area contributed by atoms with Crippen molar-refractivity contribution in [2.75, 3.05) is 32.7 Å². The molecule has 0 bridgehead atoms. The second kappa shape index (κ2) is 8.62. The molecule has 1 saturated carbocycles. The number of hydrogen-bond donors (Lipinski definition) is 1. The van der Waals surface area contributed by atoms with E-state index in [2.05, 4.69) is 5.32 Å². The normalized spacial score (nSPS) is 27.0. The zero-order chi connectivity index (χ0) is 17.2. The van der Waals surface area contributed by atoms with Crippen molar-refractivity contribution < 1.29 is 18.4 Å². The van der Waals surface area contributed by atoms with Crippen molar-refractivity contribution in [3.63, 3.8) is 0 Å². The Hall–Kier alpha value is -0.950. The highest BCUT2D eigenvalue weighted by Crippen LogP contribution is 2.28. The van der Waals surface area contributed by atoms with Gasteiger partial charge in [-0.15, -0.1) is 12.4 Å². The largest absolute Gasteiger partial charge is 0.339 e. The molecule has 1 aliphatic carbocycles. The summed E-state index contributed by atoms with van der Waals surface area (Å²) < 4.78 is 26.5. The van der Waals surface area contributed by atoms with Crippen LogP contribution in [0.3, 0.4) is 0 Å². The number of piperazine rings is 1. The van der Waals surface area contributed by atoms with E-state index in [0.717, 1.165) is 12.8 Å². The van der Waals surface area contributed by atoms with Crippen molar-refractivity contribution in [2.45, 2.75) is 56.9 Å². The Balaban J connectivity index is 0.00000225. The van der Waals surface area contributed by atoms with Crippen molar-refractivity contribution in [3.8, 4) is 0 Å². The average Bonchev–Trinajstić information content (AvgIpc) is 2.95. The first kappa shape index (κ1) is 20.4. The quantitative estimate of drug-likeness (QED) is 0.816. The Morgan fingerprint density at radius 1 is 1.00 bits per heavy atom. The monoisotopic (exact) mass is 379 g/mol. The Bertz CT molecular complexity index is 479. The number of nitrogens with zero attached hydrogens (tertiary/aromatic N) is 2. The predicted molar refractivity (Wildman–Crippen MR) is 93.0 cm³/mol. The number of rotatable bonds is 3. The minimum Gasteiger partial charge on any atom is -0.339 e. The third kappa shape index (κ3) is 5.26. The summed E-state index contributed by atoms with van der Waals surface area (Å²) >= 11 is 0. The molecule has 1 N–H and O–H groups in total. The van der Waals surface area contributed by atoms with Crippen LogP contribution < -0.4 is 5.32 Å². The summed E-state index contributed by atoms with van der Waals surface area (Å²) in [5, 5.41) is 2.61. The standard InChI is InChI=1S/C17H27F2N3O2.ClH/c18-17(19)11-14(20-12-17)16(24)22-8-6-21(7-9-22)15(23)10-13-4-2-1-3-5-13;/h13-14,20H,1-12H2;1H. The molecule has 2 heterocycles. The van der Waals surface area contributed by atoms with Crippen molar-refractivity contribution in [1.82, 2.24) is 15.1 Å². The van der Waals surface area contributed by atoms with Gasteiger partial charge in [0.15, 0.2) is 0 Å². The van der Waals surface area contributed by atoms with Crippen LogP contribution in [0.1, 0.15) is 44.9 Å². The van der Waals surface area contributed by atoms with E-state index in [9.17, 15) is 18.4 Å². The molecule has 8 heteroatoms. The van der Waals surface area contributed by atoms with Crippen molar-refractivity contribution in [1.29, 1.82) is 0 Å². The number of hydrogen-bond acceptors (Lipinski definition) is 3. The minimum atomic E-state index is -2.79. The van der Waals surface area contributed by atoms with E-state index < -0.39 is 24.9 Å². The predicted octanol–water partition coefficient (Wildman–Crippen LogP) is 2.05. The minimum absolute atomic E-state index is 0. The topological polar surface area (TPSA) is 52.7 Å². The van der Waals surface area contributed by atoms with Crippen LogP contribution in [-0.4, -0.2) is 66.3 Å². The molecule has 0 aromatic rings. The maximum absolute atomic E-state index is 13.2. The summed E-state index contributed by atoms with van der Waals surface area (Å²) in [5.41, 5.74) is 0. The lowest BCUT2D eigenvalue weighted by atomic mass is 9.86. The second-order valence-electron chi connectivity index (χ2n) is 7.41. The van der Waals surface area contributed by atoms with E-state index in [-0.39, 0.29) is 24.2 Å². The van der Waals surface area contributed by atoms with Gasteiger partial charge in [-0.1, -0.05) is 19.3 Å². The summed E-state index contributed by atoms with van der Waals surface area (Å²) in [6.07, 6.45) is 6.20. The number of carbonyl (C=O) groups is 2. The molecule has 25 heavy (non-hydrogen) atoms. The zero-order valence-corrected chi connectivity index (χ0v) is 15.3. The van der Waals surface area contributed by atoms with Gasteiger partial charge < -0.3 is 9.80 Å². The van der Waals surface area contributed by atoms with Crippen LogP contribution in [0.25, 0.3) is 0 Å². The summed E-state index contributed by atoms with van der Waals surface area (Å²) in [6.45, 7) is 1.49. The first-order chi connectivity index (χ1) is 11.4. The Morgan fingerprint density at radius 2 is 1.60 bits per heavy atom. The summed E-state index contributed by atoms with van der Waals surface area (Å²) in [5.74, 6) is -2.36. The van der Waals surface area contributed by atoms with Gasteiger partial charge in [-0.05, 0) is 18.8 Å². The molecule has 3 rings (SSSR count). The van der Waals surface area contributed by atoms with E-state index >= 15 is 0 Å². The van der Waals surface area contributed by atoms with Gasteiger partial charge in [0.05, 0.1) is 12.6 Å². The molecule has 2 aliphatic heterocycles. The molecule has 0 radical (unpaired) electrons. The van der Waals surface area contributed by atoms with Gasteiger partial charge in [0.2, 0.25) is 11.8 Å². The fraction of sp³-hybridized carbons (Fsp3) is 0.882. The molecule has 1 atom stereocenters. The van der Waals surface area contributed by atoms with Crippen LogP contribution in [0.5, 0.6) is 0 Å². The highest BCUT2D eigenvalue weighted by molar-refractivity contribution is 5.85. The van der Waals surface area contributed by atoms with Gasteiger partial charge in [0.1, 0.15) is 0 Å². The van der Waals surface area contributed by atoms with Gasteiger partial charge in [-0.25, -0.2) is 8.78 Å². The van der Waals surface area contributed by atoms with E-state index in [1.54, 1.807) is 4.90 Å². The van der Waals surface area contributed by atoms with Gasteiger partial charge >= 0.3 is 0 Å². The van der Waals surface area contributed by atoms with Crippen LogP contribution in [-0.2, 0) is 9.59 Å². The summed E-state index contributed by atoms with van der Waals surface area (Å²) in [4.78, 5) is 28.1. The number of halogens is 3. The van der Waals surface area contributed by atoms with Gasteiger partial charge in [0, 0.05) is 39.0 Å². The van der Waals surface area contributed by atoms with Crippen LogP contribution in [0.15, 0.2) is 0 Å². The molecule has 3 fully saturated rings. The molecule has 2 saturated heterocycles. The zero-order valence-electron chi connectivity index (χ0n) is 14.5. The van der Waals surface area contributed by atoms with Crippen LogP contribution in [0.4, 0.5) is 8.78 Å². The van der Waals surface area contributed by atoms with Crippen molar-refractivity contribution in [2.24, 2.45) is 5.92 Å². The summed E-state index contributed by atoms with van der Waals surface area (Å²) in [6, 6.07) is -0.788. The van der Waals surface area contributed by atoms with Crippen molar-refractivity contribution in [3.05, 3.63) is 0 Å². The fourth-order valence-corrected chi connectivity index (χ4v) is 4.05. The number of amides is 2. The number of carbonyl (C=O) groups excluding carboxylic acids is 2. The van der Waals surface area contributed by atoms with Gasteiger partial charge in [0.25, 0.3) is 5.92 Å². The highest BCUT2D eigenvalue weighted by Gasteiger charge is 2.43. The molecule has 0 aromatic heterocycles. The van der Waals surface area contributed by atoms with Gasteiger partial charge in [-0.3, -0.25) is 14.9 Å². The molecule has 0 spiro atoms. The Kier molecular flexibility index (Phi) is 7.02. The second-order valence-corrected chi connectivity index (χ2v) is 7.41. The first-order valence-corrected chi connectivity index (χ1v) is 9.12.